The first-order valence-electron chi connectivity index (χ1n) is 12.7. The number of carbonyl (C=O) groups excluding carboxylic acids is 1. The highest BCUT2D eigenvalue weighted by atomic mass is 16.5. The maximum atomic E-state index is 13.0. The van der Waals surface area contributed by atoms with E-state index in [1.54, 1.807) is 24.0 Å². The molecule has 198 valence electrons. The molecule has 0 saturated carbocycles. The van der Waals surface area contributed by atoms with Crippen molar-refractivity contribution in [1.82, 2.24) is 4.90 Å². The molecule has 0 aromatic heterocycles. The van der Waals surface area contributed by atoms with Crippen LogP contribution in [0.1, 0.15) is 44.2 Å². The number of anilines is 1. The minimum atomic E-state index is -0.976. The Hall–Kier alpha value is -3.10. The first-order chi connectivity index (χ1) is 17.4. The van der Waals surface area contributed by atoms with E-state index in [1.165, 1.54) is 0 Å². The van der Waals surface area contributed by atoms with Gasteiger partial charge in [-0.15, -0.1) is 0 Å². The normalized spacial score (nSPS) is 11.6. The summed E-state index contributed by atoms with van der Waals surface area (Å²) in [6.07, 6.45) is 2.70. The van der Waals surface area contributed by atoms with Gasteiger partial charge in [0, 0.05) is 31.9 Å². The van der Waals surface area contributed by atoms with Gasteiger partial charge in [-0.05, 0) is 49.6 Å². The molecule has 0 radical (unpaired) electrons. The van der Waals surface area contributed by atoms with Gasteiger partial charge in [-0.1, -0.05) is 50.1 Å². The fourth-order valence-corrected chi connectivity index (χ4v) is 3.58. The Morgan fingerprint density at radius 1 is 0.972 bits per heavy atom. The number of benzene rings is 2. The second-order valence-electron chi connectivity index (χ2n) is 8.53. The molecule has 2 amide bonds. The Morgan fingerprint density at radius 2 is 1.69 bits per heavy atom. The van der Waals surface area contributed by atoms with Crippen LogP contribution < -0.4 is 10.1 Å². The SMILES string of the molecule is CCCCCOCCN(CCOc1ccc(CC(OCC)C(=O)O)cc1)C(=O)Nc1ccccc1C. The molecule has 0 heterocycles. The maximum absolute atomic E-state index is 13.0. The van der Waals surface area contributed by atoms with Crippen LogP contribution in [0.2, 0.25) is 0 Å². The number of ether oxygens (including phenoxy) is 3. The summed E-state index contributed by atoms with van der Waals surface area (Å²) < 4.78 is 16.9. The molecule has 8 heteroatoms. The summed E-state index contributed by atoms with van der Waals surface area (Å²) in [4.78, 5) is 26.0. The van der Waals surface area contributed by atoms with E-state index >= 15 is 0 Å². The third-order valence-corrected chi connectivity index (χ3v) is 5.69. The molecule has 1 atom stereocenters. The Balaban J connectivity index is 1.90. The highest BCUT2D eigenvalue weighted by Crippen LogP contribution is 2.16. The van der Waals surface area contributed by atoms with Crippen LogP contribution >= 0.6 is 0 Å². The molecule has 0 bridgehead atoms. The number of carbonyl (C=O) groups is 2. The molecule has 2 aromatic carbocycles. The Kier molecular flexibility index (Phi) is 13.4. The predicted molar refractivity (Wildman–Crippen MR) is 141 cm³/mol. The van der Waals surface area contributed by atoms with E-state index in [0.717, 1.165) is 36.1 Å². The molecule has 1 unspecified atom stereocenters. The van der Waals surface area contributed by atoms with Crippen molar-refractivity contribution in [2.75, 3.05) is 44.8 Å². The molecule has 2 aromatic rings. The minimum Gasteiger partial charge on any atom is -0.492 e. The first-order valence-corrected chi connectivity index (χ1v) is 12.7. The average molecular weight is 501 g/mol. The fourth-order valence-electron chi connectivity index (χ4n) is 3.58. The zero-order chi connectivity index (χ0) is 26.2. The first kappa shape index (κ1) is 29.1. The molecule has 2 rings (SSSR count). The molecule has 0 aliphatic rings. The quantitative estimate of drug-likeness (QED) is 0.292. The Morgan fingerprint density at radius 3 is 2.36 bits per heavy atom. The van der Waals surface area contributed by atoms with Crippen molar-refractivity contribution in [3.63, 3.8) is 0 Å². The highest BCUT2D eigenvalue weighted by molar-refractivity contribution is 5.90. The number of aliphatic carboxylic acids is 1. The van der Waals surface area contributed by atoms with Gasteiger partial charge in [-0.25, -0.2) is 9.59 Å². The van der Waals surface area contributed by atoms with Gasteiger partial charge in [0.05, 0.1) is 13.2 Å². The smallest absolute Gasteiger partial charge is 0.333 e. The van der Waals surface area contributed by atoms with E-state index in [1.807, 2.05) is 43.3 Å². The summed E-state index contributed by atoms with van der Waals surface area (Å²) in [5, 5.41) is 12.2. The summed E-state index contributed by atoms with van der Waals surface area (Å²) in [5.41, 5.74) is 2.62. The number of nitrogens with one attached hydrogen (secondary N) is 1. The Labute approximate surface area is 214 Å². The number of urea groups is 1. The van der Waals surface area contributed by atoms with Crippen LogP contribution in [-0.2, 0) is 20.7 Å². The van der Waals surface area contributed by atoms with Crippen molar-refractivity contribution < 1.29 is 28.9 Å². The van der Waals surface area contributed by atoms with E-state index in [2.05, 4.69) is 12.2 Å². The lowest BCUT2D eigenvalue weighted by Crippen LogP contribution is -2.40. The van der Waals surface area contributed by atoms with Crippen LogP contribution in [0.5, 0.6) is 5.75 Å². The molecule has 8 nitrogen and oxygen atoms in total. The van der Waals surface area contributed by atoms with Crippen LogP contribution in [0, 0.1) is 6.92 Å². The monoisotopic (exact) mass is 500 g/mol. The number of rotatable bonds is 17. The molecule has 0 spiro atoms. The van der Waals surface area contributed by atoms with E-state index in [4.69, 9.17) is 14.2 Å². The van der Waals surface area contributed by atoms with Gasteiger partial charge in [0.15, 0.2) is 6.10 Å². The Bertz CT molecular complexity index is 919. The van der Waals surface area contributed by atoms with E-state index in [0.29, 0.717) is 45.3 Å². The number of carboxylic acids is 1. The van der Waals surface area contributed by atoms with Crippen LogP contribution in [0.3, 0.4) is 0 Å². The average Bonchev–Trinajstić information content (AvgIpc) is 2.87. The van der Waals surface area contributed by atoms with Crippen LogP contribution in [-0.4, -0.2) is 67.6 Å². The molecule has 0 saturated heterocycles. The van der Waals surface area contributed by atoms with Gasteiger partial charge in [-0.3, -0.25) is 0 Å². The van der Waals surface area contributed by atoms with Crippen molar-refractivity contribution in [3.8, 4) is 5.75 Å². The number of amides is 2. The maximum Gasteiger partial charge on any atom is 0.333 e. The zero-order valence-corrected chi connectivity index (χ0v) is 21.7. The predicted octanol–water partition coefficient (Wildman–Crippen LogP) is 5.15. The van der Waals surface area contributed by atoms with Crippen molar-refractivity contribution in [3.05, 3.63) is 59.7 Å². The van der Waals surface area contributed by atoms with E-state index < -0.39 is 12.1 Å². The minimum absolute atomic E-state index is 0.198. The lowest BCUT2D eigenvalue weighted by molar-refractivity contribution is -0.149. The third kappa shape index (κ3) is 10.7. The summed E-state index contributed by atoms with van der Waals surface area (Å²) in [7, 11) is 0. The van der Waals surface area contributed by atoms with Crippen molar-refractivity contribution >= 4 is 17.7 Å². The van der Waals surface area contributed by atoms with Crippen molar-refractivity contribution in [2.45, 2.75) is 52.6 Å². The molecule has 0 fully saturated rings. The highest BCUT2D eigenvalue weighted by Gasteiger charge is 2.18. The van der Waals surface area contributed by atoms with Gasteiger partial charge < -0.3 is 29.5 Å². The molecule has 0 aliphatic carbocycles. The number of hydrogen-bond acceptors (Lipinski definition) is 5. The van der Waals surface area contributed by atoms with E-state index in [9.17, 15) is 14.7 Å². The van der Waals surface area contributed by atoms with Gasteiger partial charge in [0.2, 0.25) is 0 Å². The lowest BCUT2D eigenvalue weighted by atomic mass is 10.1. The number of hydrogen-bond donors (Lipinski definition) is 2. The standard InChI is InChI=1S/C28H40N2O6/c1-4-6-9-18-34-19-16-30(28(33)29-25-11-8-7-10-22(25)3)17-20-36-24-14-12-23(13-15-24)21-26(27(31)32)35-5-2/h7-8,10-15,26H,4-6,9,16-21H2,1-3H3,(H,29,33)(H,31,32). The number of carboxylic acid groups (broad SMARTS) is 1. The van der Waals surface area contributed by atoms with E-state index in [-0.39, 0.29) is 12.5 Å². The summed E-state index contributed by atoms with van der Waals surface area (Å²) in [5.74, 6) is -0.326. The number of unbranched alkanes of at least 4 members (excludes halogenated alkanes) is 2. The fraction of sp³-hybridized carbons (Fsp3) is 0.500. The topological polar surface area (TPSA) is 97.3 Å². The molecule has 2 N–H and O–H groups in total. The molecule has 0 aliphatic heterocycles. The summed E-state index contributed by atoms with van der Waals surface area (Å²) in [6.45, 7) is 8.54. The van der Waals surface area contributed by atoms with Crippen LogP contribution in [0.15, 0.2) is 48.5 Å². The zero-order valence-electron chi connectivity index (χ0n) is 21.7. The second kappa shape index (κ2) is 16.5. The number of para-hydroxylation sites is 1. The van der Waals surface area contributed by atoms with Crippen LogP contribution in [0.25, 0.3) is 0 Å². The largest absolute Gasteiger partial charge is 0.492 e. The number of nitrogens with zero attached hydrogens (tertiary/aromatic N) is 1. The molecule has 36 heavy (non-hydrogen) atoms. The summed E-state index contributed by atoms with van der Waals surface area (Å²) in [6, 6.07) is 14.7. The third-order valence-electron chi connectivity index (χ3n) is 5.69. The molecular weight excluding hydrogens is 460 g/mol. The van der Waals surface area contributed by atoms with Gasteiger partial charge in [0.1, 0.15) is 12.4 Å². The summed E-state index contributed by atoms with van der Waals surface area (Å²) >= 11 is 0. The van der Waals surface area contributed by atoms with Crippen molar-refractivity contribution in [1.29, 1.82) is 0 Å². The number of aryl methyl sites for hydroxylation is 1. The van der Waals surface area contributed by atoms with Gasteiger partial charge in [0.25, 0.3) is 0 Å². The second-order valence-corrected chi connectivity index (χ2v) is 8.53. The van der Waals surface area contributed by atoms with Crippen LogP contribution in [0.4, 0.5) is 10.5 Å². The lowest BCUT2D eigenvalue weighted by Gasteiger charge is -2.24. The van der Waals surface area contributed by atoms with Gasteiger partial charge >= 0.3 is 12.0 Å². The van der Waals surface area contributed by atoms with Gasteiger partial charge in [-0.2, -0.15) is 0 Å². The van der Waals surface area contributed by atoms with Crippen molar-refractivity contribution in [2.24, 2.45) is 0 Å². The molecular formula is C28H40N2O6.